The summed E-state index contributed by atoms with van der Waals surface area (Å²) in [5, 5.41) is 0. The summed E-state index contributed by atoms with van der Waals surface area (Å²) in [6.07, 6.45) is 114. The van der Waals surface area contributed by atoms with Crippen LogP contribution < -0.4 is 28.4 Å². The molecule has 0 spiro atoms. The fourth-order valence-electron chi connectivity index (χ4n) is 20.8. The Kier molecular flexibility index (Phi) is 76.9. The van der Waals surface area contributed by atoms with E-state index >= 15 is 0 Å². The smallest absolute Gasteiger partial charge is 0.127 e. The first-order valence-corrected chi connectivity index (χ1v) is 62.0. The van der Waals surface area contributed by atoms with E-state index in [0.717, 1.165) is 159 Å². The topological polar surface area (TPSA) is 55.4 Å². The summed E-state index contributed by atoms with van der Waals surface area (Å²) in [5.41, 5.74) is 23.8. The molecular weight excluding hydrogens is 1750 g/mol. The molecule has 6 aromatic carbocycles. The monoisotopic (exact) mass is 1980 g/mol. The number of hydrogen-bond donors (Lipinski definition) is 0. The van der Waals surface area contributed by atoms with Crippen molar-refractivity contribution in [3.8, 4) is 34.5 Å². The van der Waals surface area contributed by atoms with Gasteiger partial charge in [0.15, 0.2) is 0 Å². The third kappa shape index (κ3) is 57.7. The zero-order valence-electron chi connectivity index (χ0n) is 97.2. The van der Waals surface area contributed by atoms with Crippen molar-refractivity contribution in [2.75, 3.05) is 40.6 Å². The second-order valence-electron chi connectivity index (χ2n) is 43.6. The zero-order valence-corrected chi connectivity index (χ0v) is 97.2. The molecule has 0 fully saturated rings. The first-order chi connectivity index (χ1) is 70.8. The van der Waals surface area contributed by atoms with Gasteiger partial charge in [0.1, 0.15) is 34.5 Å². The Bertz CT molecular complexity index is 4000. The molecule has 812 valence electrons. The SMILES string of the molecule is CCCCCCCCCCOc1cc(/C=C/c2cc(CCCCCCCC)c(/C=C/c3cc(OCCCCCCCCCC)c(C)cc3OCCCCCCCCCC)cc2CCCCCCCC)c(OCCCCCCCCCC)cc1C.CCCCCCCCc1cc(/C=C/c2cc(OC)c(/C=C/c3cc(CCCCCCCC)c(C)cc3CCCCCCCC)cc2OC)c(CCCCCCCC)cc1C. The Labute approximate surface area is 891 Å². The molecular formula is C138H224O6. The van der Waals surface area contributed by atoms with E-state index in [2.05, 4.69) is 218 Å². The van der Waals surface area contributed by atoms with Crippen molar-refractivity contribution in [1.29, 1.82) is 0 Å². The van der Waals surface area contributed by atoms with Gasteiger partial charge < -0.3 is 28.4 Å². The first-order valence-electron chi connectivity index (χ1n) is 62.0. The quantitative estimate of drug-likeness (QED) is 0.0280. The van der Waals surface area contributed by atoms with Crippen LogP contribution in [0, 0.1) is 27.7 Å². The molecule has 6 nitrogen and oxygen atoms in total. The van der Waals surface area contributed by atoms with Crippen molar-refractivity contribution in [2.45, 2.75) is 572 Å². The van der Waals surface area contributed by atoms with Gasteiger partial charge in [-0.25, -0.2) is 0 Å². The summed E-state index contributed by atoms with van der Waals surface area (Å²) in [7, 11) is 3.60. The van der Waals surface area contributed by atoms with E-state index in [4.69, 9.17) is 28.4 Å². The number of rotatable bonds is 92. The summed E-state index contributed by atoms with van der Waals surface area (Å²) in [4.78, 5) is 0. The summed E-state index contributed by atoms with van der Waals surface area (Å²) >= 11 is 0. The molecule has 6 rings (SSSR count). The fourth-order valence-corrected chi connectivity index (χ4v) is 20.8. The van der Waals surface area contributed by atoms with Crippen LogP contribution in [-0.4, -0.2) is 40.6 Å². The minimum absolute atomic E-state index is 0.750. The van der Waals surface area contributed by atoms with Crippen molar-refractivity contribution in [3.63, 3.8) is 0 Å². The maximum atomic E-state index is 6.76. The molecule has 0 aliphatic carbocycles. The fraction of sp³-hybridized carbons (Fsp3) is 0.681. The Balaban J connectivity index is 0.000000536. The van der Waals surface area contributed by atoms with Gasteiger partial charge in [0.05, 0.1) is 40.6 Å². The number of ether oxygens (including phenoxy) is 6. The van der Waals surface area contributed by atoms with Gasteiger partial charge in [-0.1, -0.05) is 527 Å². The van der Waals surface area contributed by atoms with Crippen molar-refractivity contribution >= 4 is 48.6 Å². The number of hydrogen-bond acceptors (Lipinski definition) is 6. The van der Waals surface area contributed by atoms with Crippen LogP contribution in [0.2, 0.25) is 0 Å². The van der Waals surface area contributed by atoms with Crippen molar-refractivity contribution < 1.29 is 28.4 Å². The van der Waals surface area contributed by atoms with Gasteiger partial charge in [-0.2, -0.15) is 0 Å². The lowest BCUT2D eigenvalue weighted by Crippen LogP contribution is -2.03. The Morgan fingerprint density at radius 1 is 0.146 bits per heavy atom. The Morgan fingerprint density at radius 3 is 0.521 bits per heavy atom. The minimum atomic E-state index is 0.750. The molecule has 0 aliphatic rings. The molecule has 6 aromatic rings. The van der Waals surface area contributed by atoms with E-state index in [1.54, 1.807) is 14.2 Å². The van der Waals surface area contributed by atoms with Crippen molar-refractivity contribution in [1.82, 2.24) is 0 Å². The number of unbranched alkanes of at least 4 members (excludes halogenated alkanes) is 58. The van der Waals surface area contributed by atoms with Gasteiger partial charge in [0.25, 0.3) is 0 Å². The maximum absolute atomic E-state index is 6.76. The van der Waals surface area contributed by atoms with E-state index in [-0.39, 0.29) is 0 Å². The number of aryl methyl sites for hydroxylation is 10. The molecule has 0 amide bonds. The second-order valence-corrected chi connectivity index (χ2v) is 43.6. The normalized spacial score (nSPS) is 11.7. The summed E-state index contributed by atoms with van der Waals surface area (Å²) in [6, 6.07) is 28.5. The van der Waals surface area contributed by atoms with Gasteiger partial charge in [0.2, 0.25) is 0 Å². The van der Waals surface area contributed by atoms with E-state index in [1.807, 2.05) is 0 Å². The van der Waals surface area contributed by atoms with Crippen molar-refractivity contribution in [2.24, 2.45) is 0 Å². The van der Waals surface area contributed by atoms with E-state index in [0.29, 0.717) is 0 Å². The molecule has 0 saturated carbocycles. The highest BCUT2D eigenvalue weighted by Crippen LogP contribution is 2.39. The van der Waals surface area contributed by atoms with Crippen molar-refractivity contribution in [3.05, 3.63) is 173 Å². The molecule has 6 heteroatoms. The first kappa shape index (κ1) is 128. The molecule has 0 bridgehead atoms. The van der Waals surface area contributed by atoms with Crippen LogP contribution in [0.1, 0.15) is 606 Å². The Morgan fingerprint density at radius 2 is 0.306 bits per heavy atom. The molecule has 0 heterocycles. The summed E-state index contributed by atoms with van der Waals surface area (Å²) < 4.78 is 39.0. The molecule has 0 unspecified atom stereocenters. The van der Waals surface area contributed by atoms with Crippen LogP contribution in [0.5, 0.6) is 34.5 Å². The average Bonchev–Trinajstić information content (AvgIpc) is 0.812. The summed E-state index contributed by atoms with van der Waals surface area (Å²) in [6.45, 7) is 35.1. The van der Waals surface area contributed by atoms with Gasteiger partial charge in [-0.05, 0) is 245 Å². The zero-order chi connectivity index (χ0) is 103. The molecule has 0 atom stereocenters. The van der Waals surface area contributed by atoms with E-state index in [9.17, 15) is 0 Å². The van der Waals surface area contributed by atoms with Crippen LogP contribution in [0.4, 0.5) is 0 Å². The van der Waals surface area contributed by atoms with Gasteiger partial charge in [0, 0.05) is 22.3 Å². The maximum Gasteiger partial charge on any atom is 0.127 e. The van der Waals surface area contributed by atoms with Gasteiger partial charge >= 0.3 is 0 Å². The van der Waals surface area contributed by atoms with Gasteiger partial charge in [-0.3, -0.25) is 0 Å². The molecule has 0 N–H and O–H groups in total. The van der Waals surface area contributed by atoms with Crippen LogP contribution >= 0.6 is 0 Å². The lowest BCUT2D eigenvalue weighted by Gasteiger charge is -2.17. The van der Waals surface area contributed by atoms with Crippen LogP contribution in [0.3, 0.4) is 0 Å². The summed E-state index contributed by atoms with van der Waals surface area (Å²) in [5.74, 6) is 5.71. The minimum Gasteiger partial charge on any atom is -0.496 e. The lowest BCUT2D eigenvalue weighted by atomic mass is 9.91. The standard InChI is InChI=1S/C80H134O4.C58H90O2/c1-9-15-21-27-33-37-43-49-59-81-77-67-75(79(63-69(77)7)83-61-51-45-39-35-29-23-17-11-3)57-55-73-65-72(54-48-42-32-26-20-14-6)74(66-71(73)53-47-41-31-25-19-13-5)56-58-76-68-78(82-60-50-44-38-34-28-22-16-10-2)70(8)64-80(76)84-62-52-46-40-36-30-24-18-12-4;1-9-13-17-21-25-29-33-49-43-53(51(41-47(49)5)35-31-27-23-19-15-11-3)37-39-55-45-58(60-8)56(46-57(55)59-7)40-38-54-44-50(34-30-26-22-18-14-10-2)48(6)42-52(54)36-32-28-24-20-16-12-4/h55-58,63-68H,9-54,59-62H2,1-8H3;37-46H,9-36H2,1-8H3/b57-55+,58-56+;39-37+,40-38+. The molecule has 0 saturated heterocycles. The van der Waals surface area contributed by atoms with Gasteiger partial charge in [-0.15, -0.1) is 0 Å². The van der Waals surface area contributed by atoms with Crippen LogP contribution in [-0.2, 0) is 38.5 Å². The van der Waals surface area contributed by atoms with E-state index in [1.165, 1.54) is 478 Å². The third-order valence-corrected chi connectivity index (χ3v) is 30.4. The number of methoxy groups -OCH3 is 2. The Hall–Kier alpha value is -6.92. The second kappa shape index (κ2) is 86.9. The van der Waals surface area contributed by atoms with E-state index < -0.39 is 0 Å². The largest absolute Gasteiger partial charge is 0.496 e. The van der Waals surface area contributed by atoms with Crippen LogP contribution in [0.25, 0.3) is 48.6 Å². The highest BCUT2D eigenvalue weighted by Gasteiger charge is 2.19. The third-order valence-electron chi connectivity index (χ3n) is 30.4. The molecule has 0 aliphatic heterocycles. The predicted octanol–water partition coefficient (Wildman–Crippen LogP) is 44.8. The molecule has 144 heavy (non-hydrogen) atoms. The predicted molar refractivity (Wildman–Crippen MR) is 641 cm³/mol. The molecule has 0 radical (unpaired) electrons. The average molecular weight is 1980 g/mol. The molecule has 0 aromatic heterocycles. The van der Waals surface area contributed by atoms with Crippen LogP contribution in [0.15, 0.2) is 72.8 Å². The lowest BCUT2D eigenvalue weighted by molar-refractivity contribution is 0.294. The number of benzene rings is 6. The highest BCUT2D eigenvalue weighted by molar-refractivity contribution is 5.82. The highest BCUT2D eigenvalue weighted by atomic mass is 16.5.